The lowest BCUT2D eigenvalue weighted by Crippen LogP contribution is -2.18. The van der Waals surface area contributed by atoms with E-state index in [9.17, 15) is 14.0 Å². The van der Waals surface area contributed by atoms with Gasteiger partial charge in [-0.15, -0.1) is 0 Å². The minimum Gasteiger partial charge on any atom is -0.365 e. The normalized spacial score (nSPS) is 11.3. The standard InChI is InChI=1S/C11H9ClFNO2/c1-6(15)8(11(14)16)4-7-2-3-9(12)10(13)5-7/h2-5H,1H3,(H2,14,16)/b8-4+. The van der Waals surface area contributed by atoms with Crippen molar-refractivity contribution in [3.8, 4) is 0 Å². The molecular formula is C11H9ClFNO2. The third kappa shape index (κ3) is 2.90. The zero-order chi connectivity index (χ0) is 12.3. The van der Waals surface area contributed by atoms with Crippen LogP contribution in [0.1, 0.15) is 12.5 Å². The SMILES string of the molecule is CC(=O)/C(=C\c1ccc(Cl)c(F)c1)C(N)=O. The van der Waals surface area contributed by atoms with Crippen LogP contribution in [0.5, 0.6) is 0 Å². The van der Waals surface area contributed by atoms with Crippen molar-refractivity contribution in [1.29, 1.82) is 0 Å². The quantitative estimate of drug-likeness (QED) is 0.499. The van der Waals surface area contributed by atoms with E-state index in [2.05, 4.69) is 0 Å². The van der Waals surface area contributed by atoms with Crippen LogP contribution in [0.25, 0.3) is 6.08 Å². The number of benzene rings is 1. The van der Waals surface area contributed by atoms with Gasteiger partial charge in [0.2, 0.25) is 0 Å². The third-order valence-corrected chi connectivity index (χ3v) is 2.21. The number of halogens is 2. The van der Waals surface area contributed by atoms with Crippen molar-refractivity contribution in [2.24, 2.45) is 5.73 Å². The summed E-state index contributed by atoms with van der Waals surface area (Å²) in [6.45, 7) is 1.21. The second kappa shape index (κ2) is 4.90. The number of carbonyl (C=O) groups excluding carboxylic acids is 2. The molecule has 1 amide bonds. The lowest BCUT2D eigenvalue weighted by atomic mass is 10.1. The summed E-state index contributed by atoms with van der Waals surface area (Å²) in [4.78, 5) is 22.0. The van der Waals surface area contributed by atoms with Gasteiger partial charge < -0.3 is 5.73 Å². The van der Waals surface area contributed by atoms with Gasteiger partial charge in [-0.25, -0.2) is 4.39 Å². The first kappa shape index (κ1) is 12.4. The Balaban J connectivity index is 3.18. The molecule has 2 N–H and O–H groups in total. The van der Waals surface area contributed by atoms with Gasteiger partial charge in [0.25, 0.3) is 5.91 Å². The number of ketones is 1. The smallest absolute Gasteiger partial charge is 0.252 e. The zero-order valence-corrected chi connectivity index (χ0v) is 9.22. The van der Waals surface area contributed by atoms with E-state index in [0.717, 1.165) is 6.07 Å². The molecule has 0 heterocycles. The second-order valence-electron chi connectivity index (χ2n) is 3.15. The molecule has 0 radical (unpaired) electrons. The van der Waals surface area contributed by atoms with Crippen LogP contribution in [-0.2, 0) is 9.59 Å². The Bertz CT molecular complexity index is 467. The summed E-state index contributed by atoms with van der Waals surface area (Å²) in [5, 5.41) is -0.0272. The third-order valence-electron chi connectivity index (χ3n) is 1.90. The molecule has 0 atom stereocenters. The lowest BCUT2D eigenvalue weighted by molar-refractivity contribution is -0.119. The molecule has 3 nitrogen and oxygen atoms in total. The molecule has 5 heteroatoms. The molecule has 16 heavy (non-hydrogen) atoms. The zero-order valence-electron chi connectivity index (χ0n) is 8.46. The van der Waals surface area contributed by atoms with E-state index in [4.69, 9.17) is 17.3 Å². The van der Waals surface area contributed by atoms with Gasteiger partial charge >= 0.3 is 0 Å². The molecule has 0 spiro atoms. The highest BCUT2D eigenvalue weighted by atomic mass is 35.5. The van der Waals surface area contributed by atoms with Crippen LogP contribution in [0.2, 0.25) is 5.02 Å². The van der Waals surface area contributed by atoms with Gasteiger partial charge in [0.15, 0.2) is 5.78 Å². The van der Waals surface area contributed by atoms with Crippen molar-refractivity contribution in [1.82, 2.24) is 0 Å². The minimum absolute atomic E-state index is 0.0272. The van der Waals surface area contributed by atoms with Gasteiger partial charge in [-0.05, 0) is 30.7 Å². The molecular weight excluding hydrogens is 233 g/mol. The molecule has 1 aromatic rings. The van der Waals surface area contributed by atoms with Crippen LogP contribution in [0.4, 0.5) is 4.39 Å². The van der Waals surface area contributed by atoms with Crippen LogP contribution < -0.4 is 5.73 Å². The molecule has 0 unspecified atom stereocenters. The van der Waals surface area contributed by atoms with E-state index in [1.165, 1.54) is 25.1 Å². The van der Waals surface area contributed by atoms with Crippen LogP contribution in [0, 0.1) is 5.82 Å². The Morgan fingerprint density at radius 2 is 2.06 bits per heavy atom. The summed E-state index contributed by atoms with van der Waals surface area (Å²) in [6.07, 6.45) is 1.23. The molecule has 0 saturated carbocycles. The summed E-state index contributed by atoms with van der Waals surface area (Å²) in [6, 6.07) is 3.94. The first-order valence-corrected chi connectivity index (χ1v) is 4.77. The molecule has 0 aromatic heterocycles. The van der Waals surface area contributed by atoms with Gasteiger partial charge in [-0.2, -0.15) is 0 Å². The van der Waals surface area contributed by atoms with Gasteiger partial charge in [0.05, 0.1) is 10.6 Å². The monoisotopic (exact) mass is 241 g/mol. The van der Waals surface area contributed by atoms with Gasteiger partial charge in [-0.3, -0.25) is 9.59 Å². The maximum atomic E-state index is 13.1. The Morgan fingerprint density at radius 3 is 2.50 bits per heavy atom. The number of primary amides is 1. The highest BCUT2D eigenvalue weighted by Gasteiger charge is 2.10. The molecule has 0 bridgehead atoms. The number of hydrogen-bond donors (Lipinski definition) is 1. The van der Waals surface area contributed by atoms with Crippen molar-refractivity contribution in [3.05, 3.63) is 40.2 Å². The number of nitrogens with two attached hydrogens (primary N) is 1. The Morgan fingerprint density at radius 1 is 1.44 bits per heavy atom. The predicted molar refractivity (Wildman–Crippen MR) is 59.3 cm³/mol. The molecule has 0 fully saturated rings. The van der Waals surface area contributed by atoms with Crippen molar-refractivity contribution < 1.29 is 14.0 Å². The molecule has 84 valence electrons. The maximum Gasteiger partial charge on any atom is 0.252 e. The summed E-state index contributed by atoms with van der Waals surface area (Å²) in [5.74, 6) is -1.94. The number of Topliss-reactive ketones (excluding diaryl/α,β-unsaturated/α-hetero) is 1. The fourth-order valence-corrected chi connectivity index (χ4v) is 1.23. The number of rotatable bonds is 3. The molecule has 0 aliphatic heterocycles. The summed E-state index contributed by atoms with van der Waals surface area (Å²) in [7, 11) is 0. The molecule has 0 aliphatic rings. The highest BCUT2D eigenvalue weighted by Crippen LogP contribution is 2.17. The molecule has 1 aromatic carbocycles. The van der Waals surface area contributed by atoms with Gasteiger partial charge in [-0.1, -0.05) is 17.7 Å². The molecule has 0 saturated heterocycles. The van der Waals surface area contributed by atoms with Crippen LogP contribution in [-0.4, -0.2) is 11.7 Å². The summed E-state index contributed by atoms with van der Waals surface area (Å²) < 4.78 is 13.1. The second-order valence-corrected chi connectivity index (χ2v) is 3.56. The molecule has 0 aliphatic carbocycles. The maximum absolute atomic E-state index is 13.1. The van der Waals surface area contributed by atoms with Crippen molar-refractivity contribution >= 4 is 29.4 Å². The number of carbonyl (C=O) groups is 2. The van der Waals surface area contributed by atoms with E-state index in [1.807, 2.05) is 0 Å². The van der Waals surface area contributed by atoms with Gasteiger partial charge in [0.1, 0.15) is 5.82 Å². The Hall–Kier alpha value is -1.68. The summed E-state index contributed by atoms with van der Waals surface area (Å²) >= 11 is 5.49. The van der Waals surface area contributed by atoms with E-state index < -0.39 is 17.5 Å². The van der Waals surface area contributed by atoms with Crippen molar-refractivity contribution in [3.63, 3.8) is 0 Å². The van der Waals surface area contributed by atoms with E-state index >= 15 is 0 Å². The van der Waals surface area contributed by atoms with Crippen molar-refractivity contribution in [2.75, 3.05) is 0 Å². The number of hydrogen-bond acceptors (Lipinski definition) is 2. The highest BCUT2D eigenvalue weighted by molar-refractivity contribution is 6.30. The lowest BCUT2D eigenvalue weighted by Gasteiger charge is -2.00. The Labute approximate surface area is 96.7 Å². The largest absolute Gasteiger partial charge is 0.365 e. The van der Waals surface area contributed by atoms with Gasteiger partial charge in [0, 0.05) is 0 Å². The van der Waals surface area contributed by atoms with Crippen molar-refractivity contribution in [2.45, 2.75) is 6.92 Å². The Kier molecular flexibility index (Phi) is 3.79. The first-order chi connectivity index (χ1) is 7.41. The fourth-order valence-electron chi connectivity index (χ4n) is 1.12. The van der Waals surface area contributed by atoms with E-state index in [-0.39, 0.29) is 10.6 Å². The van der Waals surface area contributed by atoms with E-state index in [1.54, 1.807) is 0 Å². The predicted octanol–water partition coefficient (Wildman–Crippen LogP) is 1.94. The topological polar surface area (TPSA) is 60.2 Å². The van der Waals surface area contributed by atoms with Crippen LogP contribution >= 0.6 is 11.6 Å². The summed E-state index contributed by atoms with van der Waals surface area (Å²) in [5.41, 5.74) is 5.18. The van der Waals surface area contributed by atoms with Crippen LogP contribution in [0.15, 0.2) is 23.8 Å². The number of amides is 1. The van der Waals surface area contributed by atoms with Crippen LogP contribution in [0.3, 0.4) is 0 Å². The average Bonchev–Trinajstić information content (AvgIpc) is 2.18. The van der Waals surface area contributed by atoms with E-state index in [0.29, 0.717) is 5.56 Å². The first-order valence-electron chi connectivity index (χ1n) is 4.39. The average molecular weight is 242 g/mol. The minimum atomic E-state index is -0.845. The fraction of sp³-hybridized carbons (Fsp3) is 0.0909. The molecule has 1 rings (SSSR count).